The van der Waals surface area contributed by atoms with Crippen molar-refractivity contribution in [3.63, 3.8) is 0 Å². The van der Waals surface area contributed by atoms with Crippen LogP contribution in [-0.4, -0.2) is 104 Å². The van der Waals surface area contributed by atoms with Crippen LogP contribution in [0.3, 0.4) is 0 Å². The Hall–Kier alpha value is -0.440. The van der Waals surface area contributed by atoms with Gasteiger partial charge in [0.25, 0.3) is 0 Å². The van der Waals surface area contributed by atoms with Crippen molar-refractivity contribution in [1.82, 2.24) is 0 Å². The molecule has 2 aliphatic heterocycles. The molecule has 0 aromatic carbocycles. The van der Waals surface area contributed by atoms with Crippen molar-refractivity contribution in [3.05, 3.63) is 0 Å². The zero-order valence-electron chi connectivity index (χ0n) is 12.2. The molecule has 11 nitrogen and oxygen atoms in total. The lowest BCUT2D eigenvalue weighted by Gasteiger charge is -2.47. The van der Waals surface area contributed by atoms with E-state index >= 15 is 0 Å². The van der Waals surface area contributed by atoms with Crippen LogP contribution in [0.25, 0.3) is 0 Å². The first-order valence-electron chi connectivity index (χ1n) is 7.14. The van der Waals surface area contributed by atoms with Crippen molar-refractivity contribution >= 4 is 0 Å². The molecule has 11 heteroatoms. The Bertz CT molecular complexity index is 396. The predicted octanol–water partition coefficient (Wildman–Crippen LogP) is -5.08. The summed E-state index contributed by atoms with van der Waals surface area (Å²) in [6.45, 7) is -1.24. The minimum Gasteiger partial charge on any atom is -0.394 e. The average Bonchev–Trinajstić information content (AvgIpc) is 2.51. The maximum atomic E-state index is 10.1. The van der Waals surface area contributed by atoms with E-state index in [1.807, 2.05) is 0 Å². The molecule has 2 aliphatic rings. The summed E-state index contributed by atoms with van der Waals surface area (Å²) >= 11 is 0. The summed E-state index contributed by atoms with van der Waals surface area (Å²) in [4.78, 5) is 0. The summed E-state index contributed by atoms with van der Waals surface area (Å²) in [5.41, 5.74) is 2.84. The minimum absolute atomic E-state index is 0.190. The number of aliphatic hydroxyl groups excluding tert-OH is 6. The van der Waals surface area contributed by atoms with Crippen molar-refractivity contribution in [1.29, 1.82) is 0 Å². The van der Waals surface area contributed by atoms with Gasteiger partial charge in [0.05, 0.1) is 19.3 Å². The van der Waals surface area contributed by atoms with Gasteiger partial charge in [-0.3, -0.25) is 5.73 Å². The van der Waals surface area contributed by atoms with Gasteiger partial charge in [-0.25, -0.2) is 0 Å². The second-order valence-electron chi connectivity index (χ2n) is 5.72. The molecular weight excluding hydrogens is 318 g/mol. The van der Waals surface area contributed by atoms with Crippen LogP contribution in [0.2, 0.25) is 0 Å². The van der Waals surface area contributed by atoms with Gasteiger partial charge >= 0.3 is 0 Å². The van der Waals surface area contributed by atoms with E-state index in [0.29, 0.717) is 0 Å². The first-order chi connectivity index (χ1) is 10.7. The van der Waals surface area contributed by atoms with Gasteiger partial charge in [0.15, 0.2) is 12.0 Å². The Balaban J connectivity index is 2.10. The number of ether oxygens (including phenoxy) is 3. The highest BCUT2D eigenvalue weighted by Gasteiger charge is 2.54. The predicted molar refractivity (Wildman–Crippen MR) is 70.4 cm³/mol. The first kappa shape index (κ1) is 18.9. The van der Waals surface area contributed by atoms with E-state index in [1.54, 1.807) is 0 Å². The van der Waals surface area contributed by atoms with Crippen LogP contribution in [0.5, 0.6) is 0 Å². The molecular formula is C12H23NO10. The number of nitrogens with two attached hydrogens (primary N) is 1. The Morgan fingerprint density at radius 1 is 1.04 bits per heavy atom. The number of rotatable bonds is 4. The fourth-order valence-electron chi connectivity index (χ4n) is 2.60. The van der Waals surface area contributed by atoms with Gasteiger partial charge < -0.3 is 50.0 Å². The molecule has 0 bridgehead atoms. The van der Waals surface area contributed by atoms with Crippen LogP contribution in [-0.2, 0) is 14.2 Å². The Labute approximate surface area is 131 Å². The van der Waals surface area contributed by atoms with Gasteiger partial charge in [0, 0.05) is 6.42 Å². The Kier molecular flexibility index (Phi) is 5.92. The lowest BCUT2D eigenvalue weighted by Crippen LogP contribution is -2.72. The summed E-state index contributed by atoms with van der Waals surface area (Å²) in [6, 6.07) is 0. The summed E-state index contributed by atoms with van der Waals surface area (Å²) in [5.74, 6) is 0. The van der Waals surface area contributed by atoms with E-state index in [9.17, 15) is 30.6 Å². The highest BCUT2D eigenvalue weighted by Crippen LogP contribution is 2.30. The van der Waals surface area contributed by atoms with Crippen LogP contribution in [0.4, 0.5) is 0 Å². The average molecular weight is 341 g/mol. The van der Waals surface area contributed by atoms with Gasteiger partial charge in [-0.1, -0.05) is 0 Å². The molecule has 9 N–H and O–H groups in total. The lowest BCUT2D eigenvalue weighted by atomic mass is 9.94. The van der Waals surface area contributed by atoms with Crippen LogP contribution in [0, 0.1) is 0 Å². The molecule has 2 saturated heterocycles. The van der Waals surface area contributed by atoms with E-state index in [0.717, 1.165) is 0 Å². The largest absolute Gasteiger partial charge is 0.394 e. The van der Waals surface area contributed by atoms with Crippen LogP contribution in [0.1, 0.15) is 6.42 Å². The maximum Gasteiger partial charge on any atom is 0.200 e. The molecule has 0 unspecified atom stereocenters. The molecule has 0 amide bonds. The van der Waals surface area contributed by atoms with E-state index in [-0.39, 0.29) is 6.42 Å². The van der Waals surface area contributed by atoms with E-state index in [2.05, 4.69) is 0 Å². The summed E-state index contributed by atoms with van der Waals surface area (Å²) in [5, 5.41) is 67.2. The van der Waals surface area contributed by atoms with Crippen LogP contribution < -0.4 is 5.73 Å². The first-order valence-corrected chi connectivity index (χ1v) is 7.14. The number of hydrogen-bond acceptors (Lipinski definition) is 11. The Morgan fingerprint density at radius 2 is 1.65 bits per heavy atom. The minimum atomic E-state index is -2.54. The second kappa shape index (κ2) is 7.21. The molecule has 0 aromatic heterocycles. The molecule has 2 fully saturated rings. The molecule has 2 heterocycles. The van der Waals surface area contributed by atoms with E-state index in [4.69, 9.17) is 25.1 Å². The third-order valence-electron chi connectivity index (χ3n) is 4.06. The topological polar surface area (TPSA) is 195 Å². The monoisotopic (exact) mass is 341 g/mol. The highest BCUT2D eigenvalue weighted by molar-refractivity contribution is 4.97. The van der Waals surface area contributed by atoms with Gasteiger partial charge in [-0.05, 0) is 0 Å². The van der Waals surface area contributed by atoms with Gasteiger partial charge in [-0.2, -0.15) is 0 Å². The molecule has 0 radical (unpaired) electrons. The third kappa shape index (κ3) is 3.65. The van der Waals surface area contributed by atoms with E-state index < -0.39 is 68.1 Å². The van der Waals surface area contributed by atoms with Crippen LogP contribution in [0.15, 0.2) is 0 Å². The lowest BCUT2D eigenvalue weighted by molar-refractivity contribution is -0.360. The molecule has 136 valence electrons. The zero-order chi connectivity index (χ0) is 17.4. The molecule has 0 aromatic rings. The normalized spacial score (nSPS) is 51.7. The molecule has 0 aliphatic carbocycles. The maximum absolute atomic E-state index is 10.1. The molecule has 23 heavy (non-hydrogen) atoms. The fraction of sp³-hybridized carbons (Fsp3) is 1.00. The summed E-state index contributed by atoms with van der Waals surface area (Å²) < 4.78 is 15.5. The molecule has 0 saturated carbocycles. The van der Waals surface area contributed by atoms with Crippen molar-refractivity contribution in [2.24, 2.45) is 5.73 Å². The zero-order valence-corrected chi connectivity index (χ0v) is 12.2. The highest BCUT2D eigenvalue weighted by atomic mass is 16.7. The van der Waals surface area contributed by atoms with Crippen molar-refractivity contribution < 1.29 is 50.0 Å². The number of aliphatic hydroxyl groups is 7. The van der Waals surface area contributed by atoms with Gasteiger partial charge in [-0.15, -0.1) is 0 Å². The molecule has 0 spiro atoms. The fourth-order valence-corrected chi connectivity index (χ4v) is 2.60. The van der Waals surface area contributed by atoms with Crippen molar-refractivity contribution in [2.45, 2.75) is 61.3 Å². The molecule has 2 rings (SSSR count). The Morgan fingerprint density at radius 3 is 2.22 bits per heavy atom. The van der Waals surface area contributed by atoms with Gasteiger partial charge in [0.2, 0.25) is 6.29 Å². The quantitative estimate of drug-likeness (QED) is 0.228. The third-order valence-corrected chi connectivity index (χ3v) is 4.06. The summed E-state index contributed by atoms with van der Waals surface area (Å²) in [7, 11) is 0. The van der Waals surface area contributed by atoms with Crippen molar-refractivity contribution in [2.75, 3.05) is 13.2 Å². The standard InChI is InChI=1S/C12H23NO10/c13-12(20)10(18)9(6(3-15)22-11(12)19)23-7-1-4(16)8(17)5(2-14)21-7/h4-11,14-20H,1-3,13H2/t4-,5-,6-,7-,8+,9-,10+,11+,12-/m1/s1. The SMILES string of the molecule is N[C@]1(O)[C@@H](O)O[C@H](CO)[C@@H](O[C@@H]2C[C@@H](O)[C@H](O)[C@@H](CO)O2)[C@@H]1O. The van der Waals surface area contributed by atoms with Gasteiger partial charge in [0.1, 0.15) is 30.5 Å². The van der Waals surface area contributed by atoms with Crippen LogP contribution >= 0.6 is 0 Å². The van der Waals surface area contributed by atoms with Crippen molar-refractivity contribution in [3.8, 4) is 0 Å². The number of hydrogen-bond donors (Lipinski definition) is 8. The molecule has 9 atom stereocenters. The smallest absolute Gasteiger partial charge is 0.200 e. The van der Waals surface area contributed by atoms with E-state index in [1.165, 1.54) is 0 Å². The second-order valence-corrected chi connectivity index (χ2v) is 5.72. The summed E-state index contributed by atoms with van der Waals surface area (Å²) in [6.07, 6.45) is -11.4.